The molecule has 3 aromatic rings. The lowest BCUT2D eigenvalue weighted by atomic mass is 10.1. The van der Waals surface area contributed by atoms with Gasteiger partial charge in [-0.05, 0) is 38.5 Å². The van der Waals surface area contributed by atoms with Gasteiger partial charge in [-0.25, -0.2) is 18.7 Å². The highest BCUT2D eigenvalue weighted by Crippen LogP contribution is 2.23. The first-order valence-corrected chi connectivity index (χ1v) is 10.4. The van der Waals surface area contributed by atoms with E-state index in [1.165, 1.54) is 24.4 Å². The first kappa shape index (κ1) is 24.1. The molecule has 1 heterocycles. The van der Waals surface area contributed by atoms with E-state index in [0.717, 1.165) is 11.1 Å². The number of nitrogens with one attached hydrogen (secondary N) is 2. The van der Waals surface area contributed by atoms with Crippen molar-refractivity contribution >= 4 is 17.6 Å². The number of nitrogens with zero attached hydrogens (tertiary/aromatic N) is 2. The second kappa shape index (κ2) is 10.4. The fourth-order valence-corrected chi connectivity index (χ4v) is 3.02. The smallest absolute Gasteiger partial charge is 0.320 e. The van der Waals surface area contributed by atoms with E-state index in [2.05, 4.69) is 20.6 Å². The van der Waals surface area contributed by atoms with Gasteiger partial charge in [0.1, 0.15) is 17.2 Å². The molecule has 33 heavy (non-hydrogen) atoms. The van der Waals surface area contributed by atoms with Gasteiger partial charge in [-0.15, -0.1) is 0 Å². The third-order valence-electron chi connectivity index (χ3n) is 4.56. The highest BCUT2D eigenvalue weighted by molar-refractivity contribution is 5.72. The molecule has 0 atom stereocenters. The van der Waals surface area contributed by atoms with Crippen molar-refractivity contribution in [1.82, 2.24) is 15.3 Å². The van der Waals surface area contributed by atoms with Crippen LogP contribution < -0.4 is 16.4 Å². The summed E-state index contributed by atoms with van der Waals surface area (Å²) in [6.45, 7) is 5.95. The minimum atomic E-state index is -0.652. The Bertz CT molecular complexity index is 1090. The normalized spacial score (nSPS) is 11.3. The van der Waals surface area contributed by atoms with Crippen molar-refractivity contribution in [2.75, 3.05) is 17.6 Å². The lowest BCUT2D eigenvalue weighted by Gasteiger charge is -2.19. The number of anilines is 2. The summed E-state index contributed by atoms with van der Waals surface area (Å²) in [4.78, 5) is 20.4. The van der Waals surface area contributed by atoms with Crippen molar-refractivity contribution in [3.05, 3.63) is 71.4 Å². The molecule has 0 amide bonds. The van der Waals surface area contributed by atoms with Crippen LogP contribution in [0.4, 0.5) is 20.4 Å². The zero-order chi connectivity index (χ0) is 24.0. The summed E-state index contributed by atoms with van der Waals surface area (Å²) in [5.74, 6) is -1.26. The van der Waals surface area contributed by atoms with Gasteiger partial charge in [-0.1, -0.05) is 30.3 Å². The van der Waals surface area contributed by atoms with Gasteiger partial charge in [0.25, 0.3) is 0 Å². The van der Waals surface area contributed by atoms with Crippen molar-refractivity contribution in [3.63, 3.8) is 0 Å². The Labute approximate surface area is 191 Å². The average molecular weight is 456 g/mol. The number of hydrogen-bond donors (Lipinski definition) is 3. The lowest BCUT2D eigenvalue weighted by molar-refractivity contribution is -0.153. The molecule has 2 aromatic carbocycles. The van der Waals surface area contributed by atoms with Crippen LogP contribution in [0.2, 0.25) is 0 Å². The van der Waals surface area contributed by atoms with Gasteiger partial charge >= 0.3 is 5.97 Å². The van der Waals surface area contributed by atoms with Crippen LogP contribution in [0.1, 0.15) is 31.9 Å². The molecule has 0 fully saturated rings. The zero-order valence-electron chi connectivity index (χ0n) is 18.8. The van der Waals surface area contributed by atoms with Gasteiger partial charge in [0, 0.05) is 24.2 Å². The van der Waals surface area contributed by atoms with Gasteiger partial charge < -0.3 is 21.1 Å². The maximum absolute atomic E-state index is 13.9. The molecule has 9 heteroatoms. The van der Waals surface area contributed by atoms with Gasteiger partial charge in [0.05, 0.1) is 18.4 Å². The molecule has 0 saturated heterocycles. The van der Waals surface area contributed by atoms with Crippen LogP contribution in [-0.4, -0.2) is 28.1 Å². The number of carbonyl (C=O) groups is 1. The van der Waals surface area contributed by atoms with Crippen LogP contribution in [0, 0.1) is 11.6 Å². The SMILES string of the molecule is CC(C)(C)OC(=O)CNCc1ccc(-c2cnc(N)c(NCc3c(F)cccc3F)n2)cc1. The number of rotatable bonds is 8. The topological polar surface area (TPSA) is 102 Å². The molecular weight excluding hydrogens is 428 g/mol. The second-order valence-corrected chi connectivity index (χ2v) is 8.43. The third kappa shape index (κ3) is 6.95. The maximum atomic E-state index is 13.9. The van der Waals surface area contributed by atoms with E-state index in [0.29, 0.717) is 12.2 Å². The molecule has 0 spiro atoms. The fraction of sp³-hybridized carbons (Fsp3) is 0.292. The number of nitrogen functional groups attached to an aromatic ring is 1. The number of nitrogens with two attached hydrogens (primary N) is 1. The molecule has 174 valence electrons. The molecule has 3 rings (SSSR count). The molecule has 4 N–H and O–H groups in total. The summed E-state index contributed by atoms with van der Waals surface area (Å²) < 4.78 is 33.0. The Morgan fingerprint density at radius 1 is 1.06 bits per heavy atom. The van der Waals surface area contributed by atoms with Crippen molar-refractivity contribution in [1.29, 1.82) is 0 Å². The predicted octanol–water partition coefficient (Wildman–Crippen LogP) is 4.05. The van der Waals surface area contributed by atoms with Crippen LogP contribution >= 0.6 is 0 Å². The summed E-state index contributed by atoms with van der Waals surface area (Å²) in [5.41, 5.74) is 7.57. The van der Waals surface area contributed by atoms with Crippen LogP contribution in [0.25, 0.3) is 11.3 Å². The molecular formula is C24H27F2N5O2. The van der Waals surface area contributed by atoms with E-state index in [1.807, 2.05) is 45.0 Å². The number of aromatic nitrogens is 2. The molecule has 7 nitrogen and oxygen atoms in total. The molecule has 0 aliphatic heterocycles. The Morgan fingerprint density at radius 2 is 1.73 bits per heavy atom. The molecule has 0 radical (unpaired) electrons. The first-order chi connectivity index (χ1) is 15.6. The summed E-state index contributed by atoms with van der Waals surface area (Å²) >= 11 is 0. The number of esters is 1. The summed E-state index contributed by atoms with van der Waals surface area (Å²) in [6, 6.07) is 11.2. The van der Waals surface area contributed by atoms with Crippen molar-refractivity contribution in [2.45, 2.75) is 39.5 Å². The Morgan fingerprint density at radius 3 is 2.36 bits per heavy atom. The second-order valence-electron chi connectivity index (χ2n) is 8.43. The molecule has 0 bridgehead atoms. The monoisotopic (exact) mass is 455 g/mol. The van der Waals surface area contributed by atoms with E-state index < -0.39 is 17.2 Å². The molecule has 1 aromatic heterocycles. The average Bonchev–Trinajstić information content (AvgIpc) is 2.74. The van der Waals surface area contributed by atoms with E-state index in [4.69, 9.17) is 10.5 Å². The van der Waals surface area contributed by atoms with Crippen molar-refractivity contribution in [2.24, 2.45) is 0 Å². The van der Waals surface area contributed by atoms with Crippen molar-refractivity contribution in [3.8, 4) is 11.3 Å². The van der Waals surface area contributed by atoms with E-state index in [1.54, 1.807) is 0 Å². The Kier molecular flexibility index (Phi) is 7.55. The number of ether oxygens (including phenoxy) is 1. The number of halogens is 2. The Hall–Kier alpha value is -3.59. The zero-order valence-corrected chi connectivity index (χ0v) is 18.8. The van der Waals surface area contributed by atoms with E-state index >= 15 is 0 Å². The van der Waals surface area contributed by atoms with Crippen molar-refractivity contribution < 1.29 is 18.3 Å². The van der Waals surface area contributed by atoms with Crippen LogP contribution in [0.5, 0.6) is 0 Å². The Balaban J connectivity index is 1.62. The van der Waals surface area contributed by atoms with Crippen LogP contribution in [0.15, 0.2) is 48.7 Å². The molecule has 0 saturated carbocycles. The number of carbonyl (C=O) groups excluding carboxylic acids is 1. The standard InChI is InChI=1S/C24H27F2N5O2/c1-24(2,3)33-21(32)14-28-11-15-7-9-16(10-8-15)20-13-29-22(27)23(31-20)30-12-17-18(25)5-4-6-19(17)26/h4-10,13,28H,11-12,14H2,1-3H3,(H2,27,29)(H,30,31). The molecule has 0 unspecified atom stereocenters. The van der Waals surface area contributed by atoms with Gasteiger partial charge in [-0.2, -0.15) is 0 Å². The van der Waals surface area contributed by atoms with Crippen LogP contribution in [-0.2, 0) is 22.6 Å². The fourth-order valence-electron chi connectivity index (χ4n) is 3.02. The van der Waals surface area contributed by atoms with Gasteiger partial charge in [-0.3, -0.25) is 4.79 Å². The predicted molar refractivity (Wildman–Crippen MR) is 123 cm³/mol. The highest BCUT2D eigenvalue weighted by Gasteiger charge is 2.15. The molecule has 0 aliphatic rings. The highest BCUT2D eigenvalue weighted by atomic mass is 19.1. The van der Waals surface area contributed by atoms with Gasteiger partial charge in [0.2, 0.25) is 0 Å². The summed E-state index contributed by atoms with van der Waals surface area (Å²) in [7, 11) is 0. The first-order valence-electron chi connectivity index (χ1n) is 10.4. The number of benzene rings is 2. The quantitative estimate of drug-likeness (QED) is 0.441. The minimum Gasteiger partial charge on any atom is -0.459 e. The van der Waals surface area contributed by atoms with E-state index in [-0.39, 0.29) is 36.3 Å². The molecule has 0 aliphatic carbocycles. The lowest BCUT2D eigenvalue weighted by Crippen LogP contribution is -2.31. The minimum absolute atomic E-state index is 0.104. The van der Waals surface area contributed by atoms with E-state index in [9.17, 15) is 13.6 Å². The summed E-state index contributed by atoms with van der Waals surface area (Å²) in [5, 5.41) is 5.91. The van der Waals surface area contributed by atoms with Crippen LogP contribution in [0.3, 0.4) is 0 Å². The largest absolute Gasteiger partial charge is 0.459 e. The summed E-state index contributed by atoms with van der Waals surface area (Å²) in [6.07, 6.45) is 1.53. The third-order valence-corrected chi connectivity index (χ3v) is 4.56. The maximum Gasteiger partial charge on any atom is 0.320 e. The van der Waals surface area contributed by atoms with Gasteiger partial charge in [0.15, 0.2) is 11.6 Å². The number of hydrogen-bond acceptors (Lipinski definition) is 7.